The summed E-state index contributed by atoms with van der Waals surface area (Å²) in [6, 6.07) is 10.9. The van der Waals surface area contributed by atoms with E-state index in [4.69, 9.17) is 9.47 Å². The quantitative estimate of drug-likeness (QED) is 0.490. The van der Waals surface area contributed by atoms with E-state index in [0.717, 1.165) is 32.8 Å². The normalized spacial score (nSPS) is 15.2. The van der Waals surface area contributed by atoms with E-state index < -0.39 is 5.82 Å². The number of halogens is 1. The Kier molecular flexibility index (Phi) is 8.32. The number of morpholine rings is 1. The molecule has 36 heavy (non-hydrogen) atoms. The van der Waals surface area contributed by atoms with E-state index in [1.54, 1.807) is 30.3 Å². The van der Waals surface area contributed by atoms with Crippen LogP contribution in [0.4, 0.5) is 4.39 Å². The first-order valence-corrected chi connectivity index (χ1v) is 12.3. The molecule has 0 bridgehead atoms. The first-order valence-electron chi connectivity index (χ1n) is 12.3. The number of nitrogens with one attached hydrogen (secondary N) is 1. The van der Waals surface area contributed by atoms with E-state index >= 15 is 0 Å². The summed E-state index contributed by atoms with van der Waals surface area (Å²) in [5.41, 5.74) is 0.488. The van der Waals surface area contributed by atoms with Crippen LogP contribution in [0.15, 0.2) is 47.3 Å². The lowest BCUT2D eigenvalue weighted by Gasteiger charge is -2.29. The van der Waals surface area contributed by atoms with Crippen molar-refractivity contribution < 1.29 is 18.7 Å². The molecular formula is C27H33FN4O4. The zero-order valence-electron chi connectivity index (χ0n) is 21.0. The van der Waals surface area contributed by atoms with E-state index in [9.17, 15) is 14.0 Å². The van der Waals surface area contributed by atoms with Crippen LogP contribution in [0.25, 0.3) is 22.3 Å². The second-order valence-corrected chi connectivity index (χ2v) is 9.57. The fourth-order valence-electron chi connectivity index (χ4n) is 4.31. The maximum absolute atomic E-state index is 14.0. The molecular weight excluding hydrogens is 463 g/mol. The van der Waals surface area contributed by atoms with Gasteiger partial charge in [-0.2, -0.15) is 0 Å². The van der Waals surface area contributed by atoms with Gasteiger partial charge in [-0.1, -0.05) is 19.1 Å². The Hall–Kier alpha value is -3.30. The zero-order chi connectivity index (χ0) is 25.7. The number of aromatic nitrogens is 2. The van der Waals surface area contributed by atoms with Gasteiger partial charge in [0.05, 0.1) is 30.7 Å². The van der Waals surface area contributed by atoms with Gasteiger partial charge in [0.15, 0.2) is 0 Å². The van der Waals surface area contributed by atoms with Crippen molar-refractivity contribution in [3.8, 4) is 17.1 Å². The molecule has 4 rings (SSSR count). The van der Waals surface area contributed by atoms with Gasteiger partial charge >= 0.3 is 0 Å². The van der Waals surface area contributed by atoms with Gasteiger partial charge in [0.25, 0.3) is 5.56 Å². The average molecular weight is 497 g/mol. The first-order chi connectivity index (χ1) is 17.3. The fraction of sp³-hybridized carbons (Fsp3) is 0.444. The van der Waals surface area contributed by atoms with E-state index in [0.29, 0.717) is 34.7 Å². The van der Waals surface area contributed by atoms with Gasteiger partial charge in [-0.25, -0.2) is 9.37 Å². The van der Waals surface area contributed by atoms with Crippen molar-refractivity contribution in [2.24, 2.45) is 5.92 Å². The second-order valence-electron chi connectivity index (χ2n) is 9.57. The van der Waals surface area contributed by atoms with Gasteiger partial charge in [-0.3, -0.25) is 19.1 Å². The Bertz CT molecular complexity index is 1270. The number of nitrogens with zero attached hydrogens (tertiary/aromatic N) is 3. The molecule has 3 aromatic rings. The van der Waals surface area contributed by atoms with Crippen LogP contribution in [0.3, 0.4) is 0 Å². The molecule has 1 fully saturated rings. The van der Waals surface area contributed by atoms with Crippen molar-refractivity contribution in [2.75, 3.05) is 39.5 Å². The maximum atomic E-state index is 14.0. The number of carbonyl (C=O) groups is 1. The third kappa shape index (κ3) is 6.47. The smallest absolute Gasteiger partial charge is 0.262 e. The molecule has 2 aromatic carbocycles. The summed E-state index contributed by atoms with van der Waals surface area (Å²) in [7, 11) is 0. The number of benzene rings is 2. The van der Waals surface area contributed by atoms with Gasteiger partial charge in [0.1, 0.15) is 23.9 Å². The van der Waals surface area contributed by atoms with Gasteiger partial charge < -0.3 is 14.8 Å². The van der Waals surface area contributed by atoms with Crippen molar-refractivity contribution in [3.05, 3.63) is 58.6 Å². The van der Waals surface area contributed by atoms with Crippen LogP contribution < -0.4 is 15.6 Å². The summed E-state index contributed by atoms with van der Waals surface area (Å²) in [5, 5.41) is 3.14. The number of fused-ring (bicyclic) bond motifs is 1. The van der Waals surface area contributed by atoms with Gasteiger partial charge in [0, 0.05) is 37.2 Å². The van der Waals surface area contributed by atoms with E-state index in [1.165, 1.54) is 16.7 Å². The van der Waals surface area contributed by atoms with Crippen LogP contribution in [-0.2, 0) is 16.1 Å². The van der Waals surface area contributed by atoms with Crippen LogP contribution in [0.1, 0.15) is 20.8 Å². The summed E-state index contributed by atoms with van der Waals surface area (Å²) in [4.78, 5) is 33.1. The van der Waals surface area contributed by atoms with Crippen molar-refractivity contribution in [2.45, 2.75) is 33.4 Å². The van der Waals surface area contributed by atoms with Crippen molar-refractivity contribution in [1.82, 2.24) is 19.8 Å². The molecule has 1 atom stereocenters. The molecule has 1 aliphatic heterocycles. The van der Waals surface area contributed by atoms with E-state index in [2.05, 4.69) is 22.1 Å². The minimum Gasteiger partial charge on any atom is -0.493 e. The highest BCUT2D eigenvalue weighted by atomic mass is 19.1. The number of rotatable bonds is 9. The molecule has 1 saturated heterocycles. The Morgan fingerprint density at radius 3 is 2.67 bits per heavy atom. The third-order valence-electron chi connectivity index (χ3n) is 5.97. The van der Waals surface area contributed by atoms with Crippen LogP contribution >= 0.6 is 0 Å². The zero-order valence-corrected chi connectivity index (χ0v) is 21.0. The molecule has 8 nitrogen and oxygen atoms in total. The number of carbonyl (C=O) groups excluding carboxylic acids is 1. The Balaban J connectivity index is 1.62. The molecule has 1 aliphatic rings. The summed E-state index contributed by atoms with van der Waals surface area (Å²) >= 11 is 0. The van der Waals surface area contributed by atoms with Crippen LogP contribution in [-0.4, -0.2) is 65.9 Å². The van der Waals surface area contributed by atoms with Crippen LogP contribution in [0, 0.1) is 11.7 Å². The first kappa shape index (κ1) is 25.8. The minimum atomic E-state index is -0.449. The number of ether oxygens (including phenoxy) is 2. The summed E-state index contributed by atoms with van der Waals surface area (Å²) < 4.78 is 26.7. The van der Waals surface area contributed by atoms with E-state index in [1.807, 2.05) is 13.8 Å². The predicted octanol–water partition coefficient (Wildman–Crippen LogP) is 3.07. The van der Waals surface area contributed by atoms with Crippen molar-refractivity contribution >= 4 is 16.8 Å². The summed E-state index contributed by atoms with van der Waals surface area (Å²) in [6.45, 7) is 10.3. The molecule has 2 heterocycles. The molecule has 0 aliphatic carbocycles. The van der Waals surface area contributed by atoms with Gasteiger partial charge in [-0.15, -0.1) is 0 Å². The topological polar surface area (TPSA) is 85.7 Å². The second kappa shape index (κ2) is 11.6. The lowest BCUT2D eigenvalue weighted by Crippen LogP contribution is -2.39. The minimum absolute atomic E-state index is 0.0845. The lowest BCUT2D eigenvalue weighted by atomic mass is 10.1. The highest BCUT2D eigenvalue weighted by molar-refractivity contribution is 5.83. The van der Waals surface area contributed by atoms with Gasteiger partial charge in [0.2, 0.25) is 5.91 Å². The van der Waals surface area contributed by atoms with Crippen molar-refractivity contribution in [3.63, 3.8) is 0 Å². The standard InChI is InChI=1S/C27H33FN4O4/c1-18(2)29-25(33)16-32-26(20-5-4-6-21(28)13-20)30-24-8-7-22(14-23(24)27(32)34)36-17-19(3)15-31-9-11-35-12-10-31/h4-8,13-14,18-19H,9-12,15-17H2,1-3H3,(H,29,33). The molecule has 1 unspecified atom stereocenters. The SMILES string of the molecule is CC(COc1ccc2nc(-c3cccc(F)c3)n(CC(=O)NC(C)C)c(=O)c2c1)CN1CCOCC1. The summed E-state index contributed by atoms with van der Waals surface area (Å²) in [5.74, 6) is 0.319. The van der Waals surface area contributed by atoms with Crippen molar-refractivity contribution in [1.29, 1.82) is 0 Å². The number of hydrogen-bond acceptors (Lipinski definition) is 6. The monoisotopic (exact) mass is 496 g/mol. The molecule has 0 spiro atoms. The molecule has 1 N–H and O–H groups in total. The molecule has 0 saturated carbocycles. The molecule has 0 radical (unpaired) electrons. The van der Waals surface area contributed by atoms with Gasteiger partial charge in [-0.05, 0) is 44.2 Å². The molecule has 1 aromatic heterocycles. The Morgan fingerprint density at radius 2 is 1.94 bits per heavy atom. The number of hydrogen-bond donors (Lipinski definition) is 1. The molecule has 9 heteroatoms. The highest BCUT2D eigenvalue weighted by Gasteiger charge is 2.18. The lowest BCUT2D eigenvalue weighted by molar-refractivity contribution is -0.122. The largest absolute Gasteiger partial charge is 0.493 e. The number of amides is 1. The molecule has 192 valence electrons. The van der Waals surface area contributed by atoms with E-state index in [-0.39, 0.29) is 29.9 Å². The van der Waals surface area contributed by atoms with Crippen LogP contribution in [0.2, 0.25) is 0 Å². The Morgan fingerprint density at radius 1 is 1.17 bits per heavy atom. The predicted molar refractivity (Wildman–Crippen MR) is 137 cm³/mol. The third-order valence-corrected chi connectivity index (χ3v) is 5.97. The van der Waals surface area contributed by atoms with Crippen LogP contribution in [0.5, 0.6) is 5.75 Å². The Labute approximate surface area is 210 Å². The maximum Gasteiger partial charge on any atom is 0.262 e. The average Bonchev–Trinajstić information content (AvgIpc) is 2.84. The molecule has 1 amide bonds. The fourth-order valence-corrected chi connectivity index (χ4v) is 4.31. The highest BCUT2D eigenvalue weighted by Crippen LogP contribution is 2.23. The summed E-state index contributed by atoms with van der Waals surface area (Å²) in [6.07, 6.45) is 0.